The largest absolute Gasteiger partial charge is 0.477 e. The Bertz CT molecular complexity index is 582. The first-order chi connectivity index (χ1) is 10.5. The van der Waals surface area contributed by atoms with Gasteiger partial charge in [-0.15, -0.1) is 0 Å². The van der Waals surface area contributed by atoms with Gasteiger partial charge >= 0.3 is 5.69 Å². The van der Waals surface area contributed by atoms with Crippen molar-refractivity contribution in [2.24, 2.45) is 11.8 Å². The summed E-state index contributed by atoms with van der Waals surface area (Å²) in [5.41, 5.74) is 0.745. The van der Waals surface area contributed by atoms with Crippen LogP contribution in [0.4, 0.5) is 5.69 Å². The van der Waals surface area contributed by atoms with Crippen molar-refractivity contribution in [3.63, 3.8) is 0 Å². The number of nitro groups is 1. The molecule has 3 rings (SSSR count). The Hall–Kier alpha value is -2.11. The molecule has 1 N–H and O–H groups in total. The van der Waals surface area contributed by atoms with Gasteiger partial charge in [0.1, 0.15) is 0 Å². The summed E-state index contributed by atoms with van der Waals surface area (Å²) in [5.74, 6) is 1.18. The molecule has 2 fully saturated rings. The maximum absolute atomic E-state index is 12.1. The van der Waals surface area contributed by atoms with E-state index in [2.05, 4.69) is 5.32 Å². The van der Waals surface area contributed by atoms with Gasteiger partial charge in [-0.25, -0.2) is 0 Å². The molecule has 0 aromatic heterocycles. The van der Waals surface area contributed by atoms with Crippen molar-refractivity contribution in [1.29, 1.82) is 0 Å². The van der Waals surface area contributed by atoms with Crippen LogP contribution in [0.15, 0.2) is 18.2 Å². The van der Waals surface area contributed by atoms with Gasteiger partial charge < -0.3 is 10.1 Å². The normalized spacial score (nSPS) is 17.4. The molecular formula is C16H20N2O4. The maximum Gasteiger partial charge on any atom is 0.310 e. The van der Waals surface area contributed by atoms with E-state index >= 15 is 0 Å². The molecule has 0 aliphatic heterocycles. The van der Waals surface area contributed by atoms with Gasteiger partial charge in [0.15, 0.2) is 12.4 Å². The van der Waals surface area contributed by atoms with Crippen LogP contribution in [0.1, 0.15) is 31.2 Å². The molecule has 0 spiro atoms. The van der Waals surface area contributed by atoms with Crippen LogP contribution in [0.25, 0.3) is 0 Å². The summed E-state index contributed by atoms with van der Waals surface area (Å²) in [4.78, 5) is 22.5. The Labute approximate surface area is 129 Å². The van der Waals surface area contributed by atoms with Gasteiger partial charge in [-0.2, -0.15) is 0 Å². The number of aryl methyl sites for hydroxylation is 1. The van der Waals surface area contributed by atoms with Crippen LogP contribution in [-0.2, 0) is 4.79 Å². The molecule has 1 amide bonds. The van der Waals surface area contributed by atoms with Gasteiger partial charge in [0.2, 0.25) is 0 Å². The number of nitro benzene ring substituents is 1. The molecule has 2 saturated carbocycles. The summed E-state index contributed by atoms with van der Waals surface area (Å²) >= 11 is 0. The fourth-order valence-corrected chi connectivity index (χ4v) is 2.79. The maximum atomic E-state index is 12.1. The number of hydrogen-bond acceptors (Lipinski definition) is 4. The Morgan fingerprint density at radius 1 is 1.36 bits per heavy atom. The molecule has 2 aliphatic carbocycles. The molecule has 2 aliphatic rings. The lowest BCUT2D eigenvalue weighted by atomic mass is 10.1. The molecule has 0 radical (unpaired) electrons. The van der Waals surface area contributed by atoms with Gasteiger partial charge in [-0.3, -0.25) is 14.9 Å². The van der Waals surface area contributed by atoms with Crippen LogP contribution < -0.4 is 10.1 Å². The van der Waals surface area contributed by atoms with Crippen molar-refractivity contribution in [2.75, 3.05) is 6.61 Å². The summed E-state index contributed by atoms with van der Waals surface area (Å²) in [5, 5.41) is 14.0. The highest BCUT2D eigenvalue weighted by molar-refractivity contribution is 5.78. The zero-order chi connectivity index (χ0) is 15.7. The molecule has 6 heteroatoms. The minimum absolute atomic E-state index is 0.112. The molecule has 0 unspecified atom stereocenters. The van der Waals surface area contributed by atoms with Crippen LogP contribution in [0, 0.1) is 28.9 Å². The first kappa shape index (κ1) is 14.8. The second-order valence-corrected chi connectivity index (χ2v) is 6.29. The van der Waals surface area contributed by atoms with E-state index in [4.69, 9.17) is 4.74 Å². The van der Waals surface area contributed by atoms with E-state index < -0.39 is 4.92 Å². The SMILES string of the molecule is Cc1ccc([N+](=O)[O-])c(OCC(=O)NC(C2CC2)C2CC2)c1. The fourth-order valence-electron chi connectivity index (χ4n) is 2.79. The molecule has 0 atom stereocenters. The fraction of sp³-hybridized carbons (Fsp3) is 0.562. The van der Waals surface area contributed by atoms with Gasteiger partial charge in [-0.05, 0) is 56.1 Å². The van der Waals surface area contributed by atoms with Crippen LogP contribution >= 0.6 is 0 Å². The Morgan fingerprint density at radius 2 is 2.00 bits per heavy atom. The smallest absolute Gasteiger partial charge is 0.310 e. The Balaban J connectivity index is 1.58. The van der Waals surface area contributed by atoms with Crippen LogP contribution in [0.3, 0.4) is 0 Å². The summed E-state index contributed by atoms with van der Waals surface area (Å²) < 4.78 is 5.39. The van der Waals surface area contributed by atoms with Crippen molar-refractivity contribution in [3.8, 4) is 5.75 Å². The number of ether oxygens (including phenoxy) is 1. The number of carbonyl (C=O) groups excluding carboxylic acids is 1. The van der Waals surface area contributed by atoms with E-state index in [0.29, 0.717) is 11.8 Å². The quantitative estimate of drug-likeness (QED) is 0.620. The minimum Gasteiger partial charge on any atom is -0.477 e. The van der Waals surface area contributed by atoms with Crippen molar-refractivity contribution in [3.05, 3.63) is 33.9 Å². The number of nitrogens with one attached hydrogen (secondary N) is 1. The molecule has 118 valence electrons. The summed E-state index contributed by atoms with van der Waals surface area (Å²) in [6.07, 6.45) is 4.74. The lowest BCUT2D eigenvalue weighted by Crippen LogP contribution is -2.40. The van der Waals surface area contributed by atoms with Crippen molar-refractivity contribution < 1.29 is 14.5 Å². The first-order valence-electron chi connectivity index (χ1n) is 7.72. The predicted molar refractivity (Wildman–Crippen MR) is 80.7 cm³/mol. The molecule has 0 bridgehead atoms. The zero-order valence-corrected chi connectivity index (χ0v) is 12.6. The summed E-state index contributed by atoms with van der Waals surface area (Å²) in [6.45, 7) is 1.65. The topological polar surface area (TPSA) is 81.5 Å². The Kier molecular flexibility index (Phi) is 4.00. The van der Waals surface area contributed by atoms with Crippen LogP contribution in [0.2, 0.25) is 0 Å². The van der Waals surface area contributed by atoms with E-state index in [1.807, 2.05) is 6.92 Å². The molecular weight excluding hydrogens is 284 g/mol. The number of amides is 1. The number of benzene rings is 1. The van der Waals surface area contributed by atoms with Crippen molar-refractivity contribution in [2.45, 2.75) is 38.6 Å². The van der Waals surface area contributed by atoms with Crippen molar-refractivity contribution >= 4 is 11.6 Å². The average molecular weight is 304 g/mol. The molecule has 0 heterocycles. The molecule has 22 heavy (non-hydrogen) atoms. The van der Waals surface area contributed by atoms with Crippen LogP contribution in [-0.4, -0.2) is 23.5 Å². The van der Waals surface area contributed by atoms with E-state index in [1.165, 1.54) is 31.7 Å². The number of nitrogens with zero attached hydrogens (tertiary/aromatic N) is 1. The van der Waals surface area contributed by atoms with E-state index in [1.54, 1.807) is 12.1 Å². The number of rotatable bonds is 7. The van der Waals surface area contributed by atoms with E-state index in [-0.39, 0.29) is 30.0 Å². The van der Waals surface area contributed by atoms with E-state index in [0.717, 1.165) is 5.56 Å². The lowest BCUT2D eigenvalue weighted by molar-refractivity contribution is -0.385. The third-order valence-electron chi connectivity index (χ3n) is 4.26. The van der Waals surface area contributed by atoms with E-state index in [9.17, 15) is 14.9 Å². The zero-order valence-electron chi connectivity index (χ0n) is 12.6. The number of hydrogen-bond donors (Lipinski definition) is 1. The minimum atomic E-state index is -0.496. The van der Waals surface area contributed by atoms with Gasteiger partial charge in [0.05, 0.1) is 4.92 Å². The molecule has 1 aromatic rings. The third kappa shape index (κ3) is 3.55. The molecule has 6 nitrogen and oxygen atoms in total. The third-order valence-corrected chi connectivity index (χ3v) is 4.26. The highest BCUT2D eigenvalue weighted by Gasteiger charge is 2.42. The molecule has 0 saturated heterocycles. The Morgan fingerprint density at radius 3 is 2.55 bits per heavy atom. The standard InChI is InChI=1S/C16H20N2O4/c1-10-2-7-13(18(20)21)14(8-10)22-9-15(19)17-16(11-3-4-11)12-5-6-12/h2,7-8,11-12,16H,3-6,9H2,1H3,(H,17,19). The molecule has 1 aromatic carbocycles. The summed E-state index contributed by atoms with van der Waals surface area (Å²) in [6, 6.07) is 4.91. The summed E-state index contributed by atoms with van der Waals surface area (Å²) in [7, 11) is 0. The van der Waals surface area contributed by atoms with Gasteiger partial charge in [0, 0.05) is 12.1 Å². The monoisotopic (exact) mass is 304 g/mol. The second kappa shape index (κ2) is 5.94. The predicted octanol–water partition coefficient (Wildman–Crippen LogP) is 2.59. The highest BCUT2D eigenvalue weighted by atomic mass is 16.6. The van der Waals surface area contributed by atoms with Gasteiger partial charge in [-0.1, -0.05) is 6.07 Å². The second-order valence-electron chi connectivity index (χ2n) is 6.29. The lowest BCUT2D eigenvalue weighted by Gasteiger charge is -2.17. The van der Waals surface area contributed by atoms with Crippen LogP contribution in [0.5, 0.6) is 5.75 Å². The highest BCUT2D eigenvalue weighted by Crippen LogP contribution is 2.44. The average Bonchev–Trinajstić information content (AvgIpc) is 3.36. The number of carbonyl (C=O) groups is 1. The van der Waals surface area contributed by atoms with Crippen molar-refractivity contribution in [1.82, 2.24) is 5.32 Å². The van der Waals surface area contributed by atoms with Gasteiger partial charge in [0.25, 0.3) is 5.91 Å². The first-order valence-corrected chi connectivity index (χ1v) is 7.72.